The Morgan fingerprint density at radius 1 is 1.48 bits per heavy atom. The van der Waals surface area contributed by atoms with Crippen LogP contribution in [-0.4, -0.2) is 44.3 Å². The van der Waals surface area contributed by atoms with Crippen molar-refractivity contribution in [3.8, 4) is 5.75 Å². The van der Waals surface area contributed by atoms with Crippen LogP contribution in [0, 0.1) is 0 Å². The molecule has 1 saturated heterocycles. The van der Waals surface area contributed by atoms with Crippen molar-refractivity contribution in [3.05, 3.63) is 23.8 Å². The minimum atomic E-state index is -4.59. The molecule has 0 aromatic heterocycles. The highest BCUT2D eigenvalue weighted by Crippen LogP contribution is 2.37. The zero-order chi connectivity index (χ0) is 17.0. The van der Waals surface area contributed by atoms with E-state index in [1.165, 1.54) is 31.2 Å². The zero-order valence-corrected chi connectivity index (χ0v) is 12.9. The summed E-state index contributed by atoms with van der Waals surface area (Å²) in [6, 6.07) is 2.79. The summed E-state index contributed by atoms with van der Waals surface area (Å²) in [5, 5.41) is 2.30. The van der Waals surface area contributed by atoms with Gasteiger partial charge in [0.1, 0.15) is 5.75 Å². The third kappa shape index (κ3) is 4.51. The molecule has 1 aromatic carbocycles. The number of hydrogen-bond acceptors (Lipinski definition) is 3. The van der Waals surface area contributed by atoms with Gasteiger partial charge >= 0.3 is 12.2 Å². The molecule has 2 rings (SSSR count). The number of likely N-dealkylation sites (N-methyl/N-ethyl adjacent to an activating group) is 1. The fourth-order valence-electron chi connectivity index (χ4n) is 2.38. The first-order valence-corrected chi connectivity index (χ1v) is 7.20. The maximum absolute atomic E-state index is 13.1. The smallest absolute Gasteiger partial charge is 0.418 e. The van der Waals surface area contributed by atoms with Crippen molar-refractivity contribution in [1.29, 1.82) is 0 Å². The summed E-state index contributed by atoms with van der Waals surface area (Å²) < 4.78 is 49.5. The second kappa shape index (κ2) is 7.08. The van der Waals surface area contributed by atoms with Gasteiger partial charge < -0.3 is 19.7 Å². The summed E-state index contributed by atoms with van der Waals surface area (Å²) in [5.74, 6) is 0.0723. The standard InChI is InChI=1S/C15H19F3N2O3/c1-20(9-11-4-3-7-23-11)14(21)19-13-6-5-10(22-2)8-12(13)15(16,17)18/h5-6,8,11H,3-4,7,9H2,1-2H3,(H,19,21)/t11-/m1/s1. The van der Waals surface area contributed by atoms with Crippen LogP contribution in [0.25, 0.3) is 0 Å². The number of ether oxygens (including phenoxy) is 2. The molecule has 0 spiro atoms. The van der Waals surface area contributed by atoms with E-state index in [2.05, 4.69) is 5.32 Å². The van der Waals surface area contributed by atoms with Gasteiger partial charge in [-0.15, -0.1) is 0 Å². The molecule has 1 aliphatic heterocycles. The third-order valence-corrected chi connectivity index (χ3v) is 3.62. The average molecular weight is 332 g/mol. The van der Waals surface area contributed by atoms with E-state index < -0.39 is 17.8 Å². The van der Waals surface area contributed by atoms with Gasteiger partial charge in [-0.25, -0.2) is 4.79 Å². The number of nitrogens with zero attached hydrogens (tertiary/aromatic N) is 1. The van der Waals surface area contributed by atoms with Crippen molar-refractivity contribution < 1.29 is 27.4 Å². The number of halogens is 3. The van der Waals surface area contributed by atoms with Gasteiger partial charge in [-0.05, 0) is 31.0 Å². The van der Waals surface area contributed by atoms with Gasteiger partial charge in [0.05, 0.1) is 24.5 Å². The van der Waals surface area contributed by atoms with Crippen molar-refractivity contribution in [2.24, 2.45) is 0 Å². The predicted octanol–water partition coefficient (Wildman–Crippen LogP) is 3.36. The van der Waals surface area contributed by atoms with Crippen LogP contribution in [0.5, 0.6) is 5.75 Å². The first kappa shape index (κ1) is 17.4. The highest BCUT2D eigenvalue weighted by atomic mass is 19.4. The molecule has 23 heavy (non-hydrogen) atoms. The van der Waals surface area contributed by atoms with Crippen LogP contribution in [-0.2, 0) is 10.9 Å². The van der Waals surface area contributed by atoms with Crippen molar-refractivity contribution in [1.82, 2.24) is 4.90 Å². The Kier molecular flexibility index (Phi) is 5.35. The van der Waals surface area contributed by atoms with Gasteiger partial charge in [0.15, 0.2) is 0 Å². The summed E-state index contributed by atoms with van der Waals surface area (Å²) >= 11 is 0. The lowest BCUT2D eigenvalue weighted by Crippen LogP contribution is -2.37. The normalized spacial score (nSPS) is 17.9. The van der Waals surface area contributed by atoms with E-state index in [1.54, 1.807) is 0 Å². The van der Waals surface area contributed by atoms with Gasteiger partial charge in [0.25, 0.3) is 0 Å². The fourth-order valence-corrected chi connectivity index (χ4v) is 2.38. The second-order valence-corrected chi connectivity index (χ2v) is 5.35. The number of rotatable bonds is 4. The van der Waals surface area contributed by atoms with Crippen LogP contribution in [0.4, 0.5) is 23.7 Å². The number of methoxy groups -OCH3 is 1. The third-order valence-electron chi connectivity index (χ3n) is 3.62. The molecular formula is C15H19F3N2O3. The van der Waals surface area contributed by atoms with Gasteiger partial charge in [-0.2, -0.15) is 13.2 Å². The number of benzene rings is 1. The quantitative estimate of drug-likeness (QED) is 0.920. The summed E-state index contributed by atoms with van der Waals surface area (Å²) in [6.45, 7) is 0.986. The summed E-state index contributed by atoms with van der Waals surface area (Å²) in [6.07, 6.45) is -2.89. The van der Waals surface area contributed by atoms with Gasteiger partial charge in [-0.1, -0.05) is 0 Å². The van der Waals surface area contributed by atoms with E-state index >= 15 is 0 Å². The maximum atomic E-state index is 13.1. The van der Waals surface area contributed by atoms with Crippen molar-refractivity contribution in [2.75, 3.05) is 32.6 Å². The largest absolute Gasteiger partial charge is 0.497 e. The van der Waals surface area contributed by atoms with Crippen LogP contribution >= 0.6 is 0 Å². The number of anilines is 1. The minimum absolute atomic E-state index is 0.0660. The monoisotopic (exact) mass is 332 g/mol. The first-order valence-electron chi connectivity index (χ1n) is 7.20. The molecule has 1 fully saturated rings. The van der Waals surface area contributed by atoms with E-state index in [0.717, 1.165) is 18.9 Å². The number of urea groups is 1. The number of carbonyl (C=O) groups excluding carboxylic acids is 1. The second-order valence-electron chi connectivity index (χ2n) is 5.35. The Balaban J connectivity index is 2.10. The molecule has 0 saturated carbocycles. The molecule has 0 radical (unpaired) electrons. The van der Waals surface area contributed by atoms with Crippen LogP contribution in [0.1, 0.15) is 18.4 Å². The molecule has 0 bridgehead atoms. The van der Waals surface area contributed by atoms with E-state index in [-0.39, 0.29) is 17.5 Å². The number of nitrogens with one attached hydrogen (secondary N) is 1. The maximum Gasteiger partial charge on any atom is 0.418 e. The van der Waals surface area contributed by atoms with E-state index in [9.17, 15) is 18.0 Å². The van der Waals surface area contributed by atoms with Crippen molar-refractivity contribution in [3.63, 3.8) is 0 Å². The van der Waals surface area contributed by atoms with Crippen LogP contribution in [0.2, 0.25) is 0 Å². The fraction of sp³-hybridized carbons (Fsp3) is 0.533. The van der Waals surface area contributed by atoms with E-state index in [1.807, 2.05) is 0 Å². The summed E-state index contributed by atoms with van der Waals surface area (Å²) in [4.78, 5) is 13.4. The van der Waals surface area contributed by atoms with E-state index in [4.69, 9.17) is 9.47 Å². The van der Waals surface area contributed by atoms with Crippen molar-refractivity contribution in [2.45, 2.75) is 25.1 Å². The molecule has 2 amide bonds. The van der Waals surface area contributed by atoms with Crippen LogP contribution in [0.15, 0.2) is 18.2 Å². The SMILES string of the molecule is COc1ccc(NC(=O)N(C)C[C@H]2CCCO2)c(C(F)(F)F)c1. The molecule has 5 nitrogen and oxygen atoms in total. The predicted molar refractivity (Wildman–Crippen MR) is 78.6 cm³/mol. The Morgan fingerprint density at radius 3 is 2.78 bits per heavy atom. The molecule has 0 unspecified atom stereocenters. The highest BCUT2D eigenvalue weighted by Gasteiger charge is 2.35. The lowest BCUT2D eigenvalue weighted by Gasteiger charge is -2.22. The molecule has 1 aliphatic rings. The van der Waals surface area contributed by atoms with Gasteiger partial charge in [0.2, 0.25) is 0 Å². The van der Waals surface area contributed by atoms with Gasteiger partial charge in [-0.3, -0.25) is 0 Å². The zero-order valence-electron chi connectivity index (χ0n) is 12.9. The lowest BCUT2D eigenvalue weighted by molar-refractivity contribution is -0.137. The molecular weight excluding hydrogens is 313 g/mol. The molecule has 1 heterocycles. The Morgan fingerprint density at radius 2 is 2.22 bits per heavy atom. The topological polar surface area (TPSA) is 50.8 Å². The molecule has 1 aromatic rings. The van der Waals surface area contributed by atoms with Crippen molar-refractivity contribution >= 4 is 11.7 Å². The Bertz CT molecular complexity index is 557. The number of amides is 2. The lowest BCUT2D eigenvalue weighted by atomic mass is 10.1. The Labute approximate surface area is 132 Å². The minimum Gasteiger partial charge on any atom is -0.497 e. The van der Waals surface area contributed by atoms with Crippen LogP contribution < -0.4 is 10.1 Å². The Hall–Kier alpha value is -1.96. The molecule has 1 N–H and O–H groups in total. The van der Waals surface area contributed by atoms with E-state index in [0.29, 0.717) is 13.2 Å². The summed E-state index contributed by atoms with van der Waals surface area (Å²) in [5.41, 5.74) is -1.25. The first-order chi connectivity index (χ1) is 10.8. The number of alkyl halides is 3. The number of hydrogen-bond donors (Lipinski definition) is 1. The molecule has 1 atom stereocenters. The van der Waals surface area contributed by atoms with Crippen LogP contribution in [0.3, 0.4) is 0 Å². The highest BCUT2D eigenvalue weighted by molar-refractivity contribution is 5.90. The van der Waals surface area contributed by atoms with Gasteiger partial charge in [0, 0.05) is 20.2 Å². The molecule has 128 valence electrons. The average Bonchev–Trinajstić information content (AvgIpc) is 2.99. The number of carbonyl (C=O) groups is 1. The molecule has 0 aliphatic carbocycles. The summed E-state index contributed by atoms with van der Waals surface area (Å²) in [7, 11) is 2.80. The molecule has 8 heteroatoms.